The van der Waals surface area contributed by atoms with E-state index in [2.05, 4.69) is 19.9 Å². The molecule has 0 amide bonds. The predicted octanol–water partition coefficient (Wildman–Crippen LogP) is 3.70. The van der Waals surface area contributed by atoms with Gasteiger partial charge in [0.25, 0.3) is 0 Å². The molecule has 1 N–H and O–H groups in total. The molecule has 1 saturated carbocycles. The zero-order valence-electron chi connectivity index (χ0n) is 10.8. The molecule has 0 heterocycles. The van der Waals surface area contributed by atoms with Gasteiger partial charge < -0.3 is 5.11 Å². The van der Waals surface area contributed by atoms with Crippen LogP contribution in [0.2, 0.25) is 0 Å². The van der Waals surface area contributed by atoms with Gasteiger partial charge in [0.15, 0.2) is 0 Å². The predicted molar refractivity (Wildman–Crippen MR) is 68.2 cm³/mol. The van der Waals surface area contributed by atoms with Crippen molar-refractivity contribution in [3.63, 3.8) is 0 Å². The molecule has 1 nitrogen and oxygen atoms in total. The smallest absolute Gasteiger partial charge is 0.0639 e. The van der Waals surface area contributed by atoms with E-state index in [9.17, 15) is 0 Å². The Labute approximate surface area is 99.3 Å². The molecular weight excluding hydrogens is 196 g/mol. The van der Waals surface area contributed by atoms with Crippen LogP contribution in [0.25, 0.3) is 0 Å². The molecule has 0 saturated heterocycles. The Hall–Kier alpha value is -0.560. The van der Waals surface area contributed by atoms with E-state index in [1.165, 1.54) is 25.7 Å². The van der Waals surface area contributed by atoms with E-state index < -0.39 is 0 Å². The van der Waals surface area contributed by atoms with E-state index >= 15 is 0 Å². The van der Waals surface area contributed by atoms with Crippen molar-refractivity contribution in [2.45, 2.75) is 46.5 Å². The van der Waals surface area contributed by atoms with Crippen LogP contribution in [0.4, 0.5) is 0 Å². The van der Waals surface area contributed by atoms with E-state index in [1.807, 2.05) is 6.92 Å². The second kappa shape index (κ2) is 4.75. The highest BCUT2D eigenvalue weighted by Gasteiger charge is 2.35. The molecule has 16 heavy (non-hydrogen) atoms. The number of hydrogen-bond acceptors (Lipinski definition) is 1. The van der Waals surface area contributed by atoms with E-state index in [-0.39, 0.29) is 6.61 Å². The van der Waals surface area contributed by atoms with Crippen LogP contribution in [0, 0.1) is 17.8 Å². The number of aliphatic hydroxyl groups is 1. The molecule has 0 spiro atoms. The summed E-state index contributed by atoms with van der Waals surface area (Å²) < 4.78 is 0. The van der Waals surface area contributed by atoms with Gasteiger partial charge in [-0.15, -0.1) is 0 Å². The number of hydrogen-bond donors (Lipinski definition) is 1. The van der Waals surface area contributed by atoms with E-state index in [4.69, 9.17) is 5.11 Å². The molecule has 0 aromatic carbocycles. The minimum Gasteiger partial charge on any atom is -0.392 e. The van der Waals surface area contributed by atoms with E-state index in [0.29, 0.717) is 5.92 Å². The van der Waals surface area contributed by atoms with Gasteiger partial charge in [0.05, 0.1) is 6.61 Å². The molecule has 1 fully saturated rings. The first-order chi connectivity index (χ1) is 7.63. The summed E-state index contributed by atoms with van der Waals surface area (Å²) in [6, 6.07) is 0. The number of allylic oxidation sites excluding steroid dienone is 3. The zero-order valence-corrected chi connectivity index (χ0v) is 10.8. The summed E-state index contributed by atoms with van der Waals surface area (Å²) in [7, 11) is 0. The van der Waals surface area contributed by atoms with Crippen LogP contribution in [0.15, 0.2) is 22.8 Å². The van der Waals surface area contributed by atoms with Crippen LogP contribution >= 0.6 is 0 Å². The minimum absolute atomic E-state index is 0.211. The summed E-state index contributed by atoms with van der Waals surface area (Å²) in [6.07, 6.45) is 7.60. The van der Waals surface area contributed by atoms with Gasteiger partial charge in [-0.1, -0.05) is 29.7 Å². The summed E-state index contributed by atoms with van der Waals surface area (Å²) in [5.41, 5.74) is 4.47. The van der Waals surface area contributed by atoms with Crippen molar-refractivity contribution in [2.24, 2.45) is 17.8 Å². The number of rotatable bonds is 2. The maximum atomic E-state index is 9.14. The highest BCUT2D eigenvalue weighted by molar-refractivity contribution is 5.30. The summed E-state index contributed by atoms with van der Waals surface area (Å²) in [6.45, 7) is 6.96. The fraction of sp³-hybridized carbons (Fsp3) is 0.733. The van der Waals surface area contributed by atoms with Crippen molar-refractivity contribution >= 4 is 0 Å². The monoisotopic (exact) mass is 220 g/mol. The summed E-state index contributed by atoms with van der Waals surface area (Å²) in [5.74, 6) is 2.32. The van der Waals surface area contributed by atoms with Gasteiger partial charge >= 0.3 is 0 Å². The second-order valence-corrected chi connectivity index (χ2v) is 5.71. The van der Waals surface area contributed by atoms with Crippen molar-refractivity contribution in [1.29, 1.82) is 0 Å². The van der Waals surface area contributed by atoms with E-state index in [0.717, 1.165) is 17.4 Å². The Morgan fingerprint density at radius 2 is 2.12 bits per heavy atom. The van der Waals surface area contributed by atoms with Crippen LogP contribution in [0.1, 0.15) is 46.5 Å². The van der Waals surface area contributed by atoms with Gasteiger partial charge in [0.1, 0.15) is 0 Å². The molecular formula is C15H24O. The standard InChI is InChI=1S/C15H24O/c1-10(9-16)8-13-6-4-11(2)14-7-5-12(3)15(13)14/h8,11,13-14,16H,4-7,9H2,1-3H3/b10-8+/t11-,13+,14-/m1/s1. The molecule has 0 aliphatic heterocycles. The average Bonchev–Trinajstić information content (AvgIpc) is 2.66. The molecule has 1 heteroatoms. The fourth-order valence-corrected chi connectivity index (χ4v) is 3.54. The number of fused-ring (bicyclic) bond motifs is 1. The van der Waals surface area contributed by atoms with Crippen LogP contribution in [-0.4, -0.2) is 11.7 Å². The lowest BCUT2D eigenvalue weighted by molar-refractivity contribution is 0.296. The highest BCUT2D eigenvalue weighted by Crippen LogP contribution is 2.48. The Balaban J connectivity index is 2.24. The third kappa shape index (κ3) is 2.10. The normalized spacial score (nSPS) is 35.5. The maximum Gasteiger partial charge on any atom is 0.0639 e. The quantitative estimate of drug-likeness (QED) is 0.704. The third-order valence-corrected chi connectivity index (χ3v) is 4.48. The Bertz CT molecular complexity index is 324. The summed E-state index contributed by atoms with van der Waals surface area (Å²) in [5, 5.41) is 9.14. The lowest BCUT2D eigenvalue weighted by atomic mass is 9.71. The van der Waals surface area contributed by atoms with Crippen LogP contribution in [0.5, 0.6) is 0 Å². The topological polar surface area (TPSA) is 20.2 Å². The number of aliphatic hydroxyl groups excluding tert-OH is 1. The van der Waals surface area contributed by atoms with Gasteiger partial charge in [-0.2, -0.15) is 0 Å². The van der Waals surface area contributed by atoms with Gasteiger partial charge in [0, 0.05) is 0 Å². The van der Waals surface area contributed by atoms with Crippen LogP contribution < -0.4 is 0 Å². The SMILES string of the molecule is CC1=C2[C@H](/C=C(\C)CO)CC[C@@H](C)[C@H]2CC1. The van der Waals surface area contributed by atoms with Gasteiger partial charge in [-0.25, -0.2) is 0 Å². The van der Waals surface area contributed by atoms with Crippen molar-refractivity contribution in [1.82, 2.24) is 0 Å². The van der Waals surface area contributed by atoms with Gasteiger partial charge in [-0.05, 0) is 57.3 Å². The lowest BCUT2D eigenvalue weighted by Crippen LogP contribution is -2.23. The van der Waals surface area contributed by atoms with Gasteiger partial charge in [-0.3, -0.25) is 0 Å². The highest BCUT2D eigenvalue weighted by atomic mass is 16.3. The maximum absolute atomic E-state index is 9.14. The molecule has 2 aliphatic carbocycles. The minimum atomic E-state index is 0.211. The molecule has 90 valence electrons. The Kier molecular flexibility index (Phi) is 3.53. The summed E-state index contributed by atoms with van der Waals surface area (Å²) >= 11 is 0. The first-order valence-corrected chi connectivity index (χ1v) is 6.61. The molecule has 0 bridgehead atoms. The van der Waals surface area contributed by atoms with Crippen LogP contribution in [-0.2, 0) is 0 Å². The third-order valence-electron chi connectivity index (χ3n) is 4.48. The first-order valence-electron chi connectivity index (χ1n) is 6.61. The molecule has 2 rings (SSSR count). The van der Waals surface area contributed by atoms with Crippen molar-refractivity contribution < 1.29 is 5.11 Å². The van der Waals surface area contributed by atoms with Crippen LogP contribution in [0.3, 0.4) is 0 Å². The molecule has 0 aromatic rings. The summed E-state index contributed by atoms with van der Waals surface area (Å²) in [4.78, 5) is 0. The van der Waals surface area contributed by atoms with E-state index in [1.54, 1.807) is 11.1 Å². The second-order valence-electron chi connectivity index (χ2n) is 5.71. The Morgan fingerprint density at radius 1 is 1.38 bits per heavy atom. The molecule has 0 aromatic heterocycles. The lowest BCUT2D eigenvalue weighted by Gasteiger charge is -2.34. The molecule has 3 atom stereocenters. The molecule has 2 aliphatic rings. The molecule has 0 unspecified atom stereocenters. The van der Waals surface area contributed by atoms with Crippen molar-refractivity contribution in [3.05, 3.63) is 22.8 Å². The average molecular weight is 220 g/mol. The van der Waals surface area contributed by atoms with Crippen molar-refractivity contribution in [3.8, 4) is 0 Å². The van der Waals surface area contributed by atoms with Gasteiger partial charge in [0.2, 0.25) is 0 Å². The first kappa shape index (κ1) is 11.9. The fourth-order valence-electron chi connectivity index (χ4n) is 3.54. The largest absolute Gasteiger partial charge is 0.392 e. The zero-order chi connectivity index (χ0) is 11.7. The van der Waals surface area contributed by atoms with Crippen molar-refractivity contribution in [2.75, 3.05) is 6.61 Å². The Morgan fingerprint density at radius 3 is 2.81 bits per heavy atom. The molecule has 0 radical (unpaired) electrons.